The van der Waals surface area contributed by atoms with Crippen molar-refractivity contribution in [1.29, 1.82) is 0 Å². The van der Waals surface area contributed by atoms with Crippen molar-refractivity contribution in [2.45, 2.75) is 34.1 Å². The molecule has 0 bridgehead atoms. The second kappa shape index (κ2) is 6.24. The van der Waals surface area contributed by atoms with Gasteiger partial charge in [-0.2, -0.15) is 4.98 Å². The van der Waals surface area contributed by atoms with Crippen LogP contribution in [0.25, 0.3) is 0 Å². The van der Waals surface area contributed by atoms with Crippen LogP contribution < -0.4 is 10.2 Å². The predicted octanol–water partition coefficient (Wildman–Crippen LogP) is 2.61. The van der Waals surface area contributed by atoms with Crippen LogP contribution in [0.1, 0.15) is 32.9 Å². The number of rotatable bonds is 4. The smallest absolute Gasteiger partial charge is 0.332 e. The molecule has 2 atom stereocenters. The number of aromatic nitrogens is 2. The topological polar surface area (TPSA) is 84.2 Å². The van der Waals surface area contributed by atoms with Crippen LogP contribution in [0.3, 0.4) is 0 Å². The van der Waals surface area contributed by atoms with Crippen molar-refractivity contribution in [2.75, 3.05) is 29.9 Å². The van der Waals surface area contributed by atoms with E-state index in [1.54, 1.807) is 6.92 Å². The molecule has 116 valence electrons. The number of hydrogen-bond donors (Lipinski definition) is 1. The normalized spacial score (nSPS) is 22.2. The van der Waals surface area contributed by atoms with Gasteiger partial charge in [0.1, 0.15) is 5.69 Å². The molecule has 1 N–H and O–H groups in total. The van der Waals surface area contributed by atoms with Gasteiger partial charge in [-0.25, -0.2) is 4.98 Å². The van der Waals surface area contributed by atoms with Gasteiger partial charge in [0.05, 0.1) is 4.92 Å². The third kappa shape index (κ3) is 3.40. The Kier molecular flexibility index (Phi) is 4.59. The van der Waals surface area contributed by atoms with Gasteiger partial charge in [0.2, 0.25) is 11.8 Å². The van der Waals surface area contributed by atoms with Crippen molar-refractivity contribution in [3.63, 3.8) is 0 Å². The number of nitro groups is 1. The molecule has 21 heavy (non-hydrogen) atoms. The van der Waals surface area contributed by atoms with Gasteiger partial charge in [-0.15, -0.1) is 0 Å². The summed E-state index contributed by atoms with van der Waals surface area (Å²) in [5.41, 5.74) is 0.435. The first-order valence-electron chi connectivity index (χ1n) is 7.44. The standard InChI is InChI=1S/C14H23N5O2/c1-5-15-14-16-11(4)12(19(20)21)13(17-14)18-7-9(2)6-10(3)8-18/h9-10H,5-8H2,1-4H3,(H,15,16,17). The fraction of sp³-hybridized carbons (Fsp3) is 0.714. The molecule has 1 aromatic rings. The van der Waals surface area contributed by atoms with Gasteiger partial charge in [0, 0.05) is 19.6 Å². The molecule has 1 saturated heterocycles. The van der Waals surface area contributed by atoms with Crippen LogP contribution in [0.4, 0.5) is 17.5 Å². The predicted molar refractivity (Wildman–Crippen MR) is 82.7 cm³/mol. The van der Waals surface area contributed by atoms with Crippen molar-refractivity contribution in [1.82, 2.24) is 9.97 Å². The molecule has 2 rings (SSSR count). The number of hydrogen-bond acceptors (Lipinski definition) is 6. The van der Waals surface area contributed by atoms with Gasteiger partial charge >= 0.3 is 5.69 Å². The highest BCUT2D eigenvalue weighted by molar-refractivity contribution is 5.62. The van der Waals surface area contributed by atoms with Crippen LogP contribution >= 0.6 is 0 Å². The number of piperidine rings is 1. The van der Waals surface area contributed by atoms with Crippen LogP contribution in [-0.2, 0) is 0 Å². The van der Waals surface area contributed by atoms with E-state index >= 15 is 0 Å². The third-order valence-electron chi connectivity index (χ3n) is 3.73. The summed E-state index contributed by atoms with van der Waals surface area (Å²) in [6, 6.07) is 0. The van der Waals surface area contributed by atoms with E-state index in [1.807, 2.05) is 11.8 Å². The molecule has 0 radical (unpaired) electrons. The number of anilines is 2. The zero-order valence-electron chi connectivity index (χ0n) is 13.1. The molecular formula is C14H23N5O2. The fourth-order valence-electron chi connectivity index (χ4n) is 3.06. The zero-order valence-corrected chi connectivity index (χ0v) is 13.1. The molecule has 2 unspecified atom stereocenters. The summed E-state index contributed by atoms with van der Waals surface area (Å²) < 4.78 is 0. The van der Waals surface area contributed by atoms with Crippen LogP contribution in [0.2, 0.25) is 0 Å². The summed E-state index contributed by atoms with van der Waals surface area (Å²) in [6.07, 6.45) is 1.15. The molecule has 0 aromatic carbocycles. The molecule has 7 heteroatoms. The second-order valence-electron chi connectivity index (χ2n) is 5.94. The third-order valence-corrected chi connectivity index (χ3v) is 3.73. The van der Waals surface area contributed by atoms with Crippen molar-refractivity contribution >= 4 is 17.5 Å². The Bertz CT molecular complexity index is 524. The highest BCUT2D eigenvalue weighted by Crippen LogP contribution is 2.33. The Hall–Kier alpha value is -1.92. The molecule has 2 heterocycles. The molecule has 0 aliphatic carbocycles. The van der Waals surface area contributed by atoms with Gasteiger partial charge in [0.15, 0.2) is 0 Å². The van der Waals surface area contributed by atoms with Gasteiger partial charge < -0.3 is 10.2 Å². The van der Waals surface area contributed by atoms with Crippen molar-refractivity contribution in [3.8, 4) is 0 Å². The van der Waals surface area contributed by atoms with E-state index in [4.69, 9.17) is 0 Å². The maximum atomic E-state index is 11.4. The lowest BCUT2D eigenvalue weighted by Crippen LogP contribution is -2.39. The van der Waals surface area contributed by atoms with Crippen LogP contribution in [0.15, 0.2) is 0 Å². The Morgan fingerprint density at radius 1 is 1.33 bits per heavy atom. The maximum absolute atomic E-state index is 11.4. The minimum atomic E-state index is -0.371. The number of nitrogens with zero attached hydrogens (tertiary/aromatic N) is 4. The summed E-state index contributed by atoms with van der Waals surface area (Å²) >= 11 is 0. The molecule has 1 aromatic heterocycles. The first kappa shape index (κ1) is 15.5. The SMILES string of the molecule is CCNc1nc(C)c([N+](=O)[O-])c(N2CC(C)CC(C)C2)n1. The molecular weight excluding hydrogens is 270 g/mol. The molecule has 0 saturated carbocycles. The summed E-state index contributed by atoms with van der Waals surface area (Å²) in [7, 11) is 0. The first-order valence-corrected chi connectivity index (χ1v) is 7.44. The Balaban J connectivity index is 2.45. The van der Waals surface area contributed by atoms with E-state index in [1.165, 1.54) is 0 Å². The molecule has 1 fully saturated rings. The van der Waals surface area contributed by atoms with Crippen molar-refractivity contribution < 1.29 is 4.92 Å². The summed E-state index contributed by atoms with van der Waals surface area (Å²) in [5.74, 6) is 1.92. The van der Waals surface area contributed by atoms with Gasteiger partial charge in [-0.05, 0) is 32.1 Å². The molecule has 7 nitrogen and oxygen atoms in total. The molecule has 1 aliphatic heterocycles. The van der Waals surface area contributed by atoms with Crippen LogP contribution in [-0.4, -0.2) is 34.5 Å². The Morgan fingerprint density at radius 2 is 1.95 bits per heavy atom. The van der Waals surface area contributed by atoms with Crippen LogP contribution in [0.5, 0.6) is 0 Å². The van der Waals surface area contributed by atoms with E-state index in [2.05, 4.69) is 29.1 Å². The van der Waals surface area contributed by atoms with Gasteiger partial charge in [-0.1, -0.05) is 13.8 Å². The van der Waals surface area contributed by atoms with Crippen LogP contribution in [0, 0.1) is 28.9 Å². The van der Waals surface area contributed by atoms with E-state index < -0.39 is 0 Å². The monoisotopic (exact) mass is 293 g/mol. The number of aryl methyl sites for hydroxylation is 1. The van der Waals surface area contributed by atoms with Crippen molar-refractivity contribution in [2.24, 2.45) is 11.8 Å². The molecule has 1 aliphatic rings. The zero-order chi connectivity index (χ0) is 15.6. The summed E-state index contributed by atoms with van der Waals surface area (Å²) in [4.78, 5) is 21.6. The fourth-order valence-corrected chi connectivity index (χ4v) is 3.06. The van der Waals surface area contributed by atoms with E-state index in [0.29, 0.717) is 35.8 Å². The summed E-state index contributed by atoms with van der Waals surface area (Å²) in [6.45, 7) is 10.2. The average Bonchev–Trinajstić information content (AvgIpc) is 2.36. The minimum absolute atomic E-state index is 0.0259. The summed E-state index contributed by atoms with van der Waals surface area (Å²) in [5, 5.41) is 14.4. The first-order chi connectivity index (χ1) is 9.92. The second-order valence-corrected chi connectivity index (χ2v) is 5.94. The van der Waals surface area contributed by atoms with Gasteiger partial charge in [-0.3, -0.25) is 10.1 Å². The average molecular weight is 293 g/mol. The van der Waals surface area contributed by atoms with Gasteiger partial charge in [0.25, 0.3) is 0 Å². The maximum Gasteiger partial charge on any atom is 0.332 e. The van der Waals surface area contributed by atoms with E-state index in [0.717, 1.165) is 19.5 Å². The lowest BCUT2D eigenvalue weighted by atomic mass is 9.92. The highest BCUT2D eigenvalue weighted by Gasteiger charge is 2.30. The lowest BCUT2D eigenvalue weighted by Gasteiger charge is -2.35. The Labute approximate surface area is 124 Å². The van der Waals surface area contributed by atoms with E-state index in [-0.39, 0.29) is 10.6 Å². The highest BCUT2D eigenvalue weighted by atomic mass is 16.6. The minimum Gasteiger partial charge on any atom is -0.354 e. The molecule has 0 spiro atoms. The Morgan fingerprint density at radius 3 is 2.48 bits per heavy atom. The van der Waals surface area contributed by atoms with E-state index in [9.17, 15) is 10.1 Å². The van der Waals surface area contributed by atoms with Crippen molar-refractivity contribution in [3.05, 3.63) is 15.8 Å². The largest absolute Gasteiger partial charge is 0.354 e. The molecule has 0 amide bonds. The lowest BCUT2D eigenvalue weighted by molar-refractivity contribution is -0.385. The number of nitrogens with one attached hydrogen (secondary N) is 1. The quantitative estimate of drug-likeness (QED) is 0.678.